The fourth-order valence-corrected chi connectivity index (χ4v) is 2.07. The van der Waals surface area contributed by atoms with Crippen LogP contribution in [0.15, 0.2) is 48.5 Å². The Morgan fingerprint density at radius 3 is 2.38 bits per heavy atom. The highest BCUT2D eigenvalue weighted by molar-refractivity contribution is 5.55. The molecule has 21 heavy (non-hydrogen) atoms. The van der Waals surface area contributed by atoms with Crippen LogP contribution in [0.2, 0.25) is 0 Å². The summed E-state index contributed by atoms with van der Waals surface area (Å²) in [4.78, 5) is 4.42. The number of hydrogen-bond acceptors (Lipinski definition) is 3. The summed E-state index contributed by atoms with van der Waals surface area (Å²) in [6, 6.07) is 13.5. The molecule has 1 unspecified atom stereocenters. The smallest absolute Gasteiger partial charge is 0.181 e. The molecule has 5 heteroatoms. The molecule has 0 spiro atoms. The maximum Gasteiger partial charge on any atom is 0.181 e. The number of nitrogens with zero attached hydrogens (tertiary/aromatic N) is 2. The number of aromatic amines is 1. The van der Waals surface area contributed by atoms with Gasteiger partial charge in [0.15, 0.2) is 5.82 Å². The van der Waals surface area contributed by atoms with Crippen molar-refractivity contribution in [1.29, 1.82) is 0 Å². The summed E-state index contributed by atoms with van der Waals surface area (Å²) in [6.07, 6.45) is 0. The molecule has 1 heterocycles. The van der Waals surface area contributed by atoms with Gasteiger partial charge in [0.1, 0.15) is 11.6 Å². The van der Waals surface area contributed by atoms with Crippen LogP contribution >= 0.6 is 0 Å². The Kier molecular flexibility index (Phi) is 3.50. The molecule has 0 amide bonds. The Hall–Kier alpha value is -2.53. The van der Waals surface area contributed by atoms with Crippen LogP contribution in [-0.2, 0) is 0 Å². The molecule has 0 saturated carbocycles. The van der Waals surface area contributed by atoms with Crippen LogP contribution in [0.4, 0.5) is 4.39 Å². The standard InChI is InChI=1S/C16H15FN4/c1-10-2-4-12(5-3-10)15-19-16(21-20-15)14(18)11-6-8-13(17)9-7-11/h2-9,14H,18H2,1H3,(H,19,20,21). The van der Waals surface area contributed by atoms with Crippen LogP contribution in [0.25, 0.3) is 11.4 Å². The van der Waals surface area contributed by atoms with Crippen LogP contribution in [0.1, 0.15) is 23.0 Å². The molecule has 0 aliphatic carbocycles. The summed E-state index contributed by atoms with van der Waals surface area (Å²) < 4.78 is 12.9. The van der Waals surface area contributed by atoms with Crippen molar-refractivity contribution in [2.24, 2.45) is 5.73 Å². The summed E-state index contributed by atoms with van der Waals surface area (Å²) in [7, 11) is 0. The first kappa shape index (κ1) is 13.5. The SMILES string of the molecule is Cc1ccc(-c2n[nH]c(C(N)c3ccc(F)cc3)n2)cc1. The minimum absolute atomic E-state index is 0.288. The van der Waals surface area contributed by atoms with Gasteiger partial charge in [-0.3, -0.25) is 5.10 Å². The van der Waals surface area contributed by atoms with Crippen LogP contribution < -0.4 is 5.73 Å². The van der Waals surface area contributed by atoms with E-state index in [-0.39, 0.29) is 5.82 Å². The molecule has 0 aliphatic rings. The van der Waals surface area contributed by atoms with Gasteiger partial charge in [-0.2, -0.15) is 5.10 Å². The molecule has 1 atom stereocenters. The van der Waals surface area contributed by atoms with Gasteiger partial charge in [-0.1, -0.05) is 42.0 Å². The van der Waals surface area contributed by atoms with Crippen molar-refractivity contribution >= 4 is 0 Å². The normalized spacial score (nSPS) is 12.3. The molecular weight excluding hydrogens is 267 g/mol. The molecule has 0 fully saturated rings. The summed E-state index contributed by atoms with van der Waals surface area (Å²) in [5.74, 6) is 0.864. The molecule has 0 saturated heterocycles. The zero-order valence-electron chi connectivity index (χ0n) is 11.5. The first-order valence-electron chi connectivity index (χ1n) is 6.64. The van der Waals surface area contributed by atoms with Crippen LogP contribution in [0.3, 0.4) is 0 Å². The van der Waals surface area contributed by atoms with E-state index in [1.54, 1.807) is 12.1 Å². The summed E-state index contributed by atoms with van der Waals surface area (Å²) in [5, 5.41) is 7.04. The van der Waals surface area contributed by atoms with Crippen molar-refractivity contribution in [2.45, 2.75) is 13.0 Å². The lowest BCUT2D eigenvalue weighted by molar-refractivity contribution is 0.626. The van der Waals surface area contributed by atoms with E-state index in [0.717, 1.165) is 11.1 Å². The summed E-state index contributed by atoms with van der Waals surface area (Å²) in [6.45, 7) is 2.03. The molecule has 2 aromatic carbocycles. The summed E-state index contributed by atoms with van der Waals surface area (Å²) in [5.41, 5.74) is 9.01. The third-order valence-corrected chi connectivity index (χ3v) is 3.34. The van der Waals surface area contributed by atoms with Crippen molar-refractivity contribution in [2.75, 3.05) is 0 Å². The Morgan fingerprint density at radius 2 is 1.71 bits per heavy atom. The van der Waals surface area contributed by atoms with Crippen molar-refractivity contribution in [1.82, 2.24) is 15.2 Å². The van der Waals surface area contributed by atoms with Crippen LogP contribution in [-0.4, -0.2) is 15.2 Å². The van der Waals surface area contributed by atoms with Gasteiger partial charge in [-0.15, -0.1) is 0 Å². The van der Waals surface area contributed by atoms with Gasteiger partial charge in [0.2, 0.25) is 0 Å². The predicted molar refractivity (Wildman–Crippen MR) is 79.0 cm³/mol. The highest BCUT2D eigenvalue weighted by atomic mass is 19.1. The maximum absolute atomic E-state index is 12.9. The third-order valence-electron chi connectivity index (χ3n) is 3.34. The van der Waals surface area contributed by atoms with Gasteiger partial charge in [0.25, 0.3) is 0 Å². The topological polar surface area (TPSA) is 67.6 Å². The maximum atomic E-state index is 12.9. The van der Waals surface area contributed by atoms with Gasteiger partial charge >= 0.3 is 0 Å². The van der Waals surface area contributed by atoms with Crippen LogP contribution in [0, 0.1) is 12.7 Å². The second-order valence-electron chi connectivity index (χ2n) is 4.94. The highest BCUT2D eigenvalue weighted by Gasteiger charge is 2.14. The van der Waals surface area contributed by atoms with Gasteiger partial charge in [0.05, 0.1) is 6.04 Å². The lowest BCUT2D eigenvalue weighted by atomic mass is 10.1. The second kappa shape index (κ2) is 5.46. The first-order chi connectivity index (χ1) is 10.1. The molecule has 1 aromatic heterocycles. The average molecular weight is 282 g/mol. The number of nitrogens with two attached hydrogens (primary N) is 1. The Bertz CT molecular complexity index is 732. The number of aromatic nitrogens is 3. The number of halogens is 1. The lowest BCUT2D eigenvalue weighted by Crippen LogP contribution is -2.13. The number of rotatable bonds is 3. The molecule has 0 aliphatic heterocycles. The lowest BCUT2D eigenvalue weighted by Gasteiger charge is -2.07. The minimum Gasteiger partial charge on any atom is -0.318 e. The third kappa shape index (κ3) is 2.83. The molecule has 3 N–H and O–H groups in total. The van der Waals surface area contributed by atoms with Crippen molar-refractivity contribution in [3.8, 4) is 11.4 Å². The van der Waals surface area contributed by atoms with Gasteiger partial charge in [0, 0.05) is 5.56 Å². The Balaban J connectivity index is 1.87. The Labute approximate surface area is 121 Å². The summed E-state index contributed by atoms with van der Waals surface area (Å²) >= 11 is 0. The van der Waals surface area contributed by atoms with Crippen molar-refractivity contribution in [3.05, 3.63) is 71.3 Å². The van der Waals surface area contributed by atoms with E-state index in [4.69, 9.17) is 5.73 Å². The van der Waals surface area contributed by atoms with Gasteiger partial charge in [-0.25, -0.2) is 9.37 Å². The number of hydrogen-bond donors (Lipinski definition) is 2. The molecule has 106 valence electrons. The molecule has 0 radical (unpaired) electrons. The molecule has 3 rings (SSSR count). The fraction of sp³-hybridized carbons (Fsp3) is 0.125. The minimum atomic E-state index is -0.461. The molecular formula is C16H15FN4. The zero-order chi connectivity index (χ0) is 14.8. The second-order valence-corrected chi connectivity index (χ2v) is 4.94. The van der Waals surface area contributed by atoms with Crippen LogP contribution in [0.5, 0.6) is 0 Å². The van der Waals surface area contributed by atoms with Crippen molar-refractivity contribution in [3.63, 3.8) is 0 Å². The molecule has 3 aromatic rings. The van der Waals surface area contributed by atoms with Gasteiger partial charge < -0.3 is 5.73 Å². The van der Waals surface area contributed by atoms with E-state index in [1.165, 1.54) is 17.7 Å². The average Bonchev–Trinajstić information content (AvgIpc) is 2.98. The molecule has 0 bridgehead atoms. The zero-order valence-corrected chi connectivity index (χ0v) is 11.5. The predicted octanol–water partition coefficient (Wildman–Crippen LogP) is 2.97. The first-order valence-corrected chi connectivity index (χ1v) is 6.64. The van der Waals surface area contributed by atoms with E-state index in [1.807, 2.05) is 31.2 Å². The largest absolute Gasteiger partial charge is 0.318 e. The fourth-order valence-electron chi connectivity index (χ4n) is 2.07. The van der Waals surface area contributed by atoms with Gasteiger partial charge in [-0.05, 0) is 24.6 Å². The Morgan fingerprint density at radius 1 is 1.05 bits per heavy atom. The number of H-pyrrole nitrogens is 1. The number of benzene rings is 2. The monoisotopic (exact) mass is 282 g/mol. The van der Waals surface area contributed by atoms with E-state index >= 15 is 0 Å². The highest BCUT2D eigenvalue weighted by Crippen LogP contribution is 2.20. The van der Waals surface area contributed by atoms with E-state index in [9.17, 15) is 4.39 Å². The van der Waals surface area contributed by atoms with E-state index < -0.39 is 6.04 Å². The van der Waals surface area contributed by atoms with Crippen molar-refractivity contribution < 1.29 is 4.39 Å². The number of nitrogens with one attached hydrogen (secondary N) is 1. The van der Waals surface area contributed by atoms with E-state index in [0.29, 0.717) is 11.6 Å². The quantitative estimate of drug-likeness (QED) is 0.776. The number of aryl methyl sites for hydroxylation is 1. The van der Waals surface area contributed by atoms with E-state index in [2.05, 4.69) is 15.2 Å². The molecule has 4 nitrogen and oxygen atoms in total.